The first-order chi connectivity index (χ1) is 16.1. The first-order valence-corrected chi connectivity index (χ1v) is 11.0. The molecule has 1 atom stereocenters. The van der Waals surface area contributed by atoms with Crippen LogP contribution in [0.2, 0.25) is 0 Å². The number of ether oxygens (including phenoxy) is 2. The minimum absolute atomic E-state index is 0.0645. The standard InChI is InChI=1S/C25H25N3O5/c1-17-19(26-24(32-17)18-7-3-2-4-8-18)15-23(29)28-16-22(25(30)27-11-13-31-14-12-27)33-21-10-6-5-9-20(21)28/h2-10,22H,11-16H2,1H3. The summed E-state index contributed by atoms with van der Waals surface area (Å²) in [5.41, 5.74) is 2.09. The van der Waals surface area contributed by atoms with E-state index in [1.807, 2.05) is 48.5 Å². The molecule has 3 heterocycles. The number of aromatic nitrogens is 1. The lowest BCUT2D eigenvalue weighted by Crippen LogP contribution is -2.54. The molecule has 1 fully saturated rings. The van der Waals surface area contributed by atoms with Gasteiger partial charge in [0, 0.05) is 18.7 Å². The average molecular weight is 447 g/mol. The summed E-state index contributed by atoms with van der Waals surface area (Å²) in [5.74, 6) is 1.31. The topological polar surface area (TPSA) is 85.1 Å². The Morgan fingerprint density at radius 3 is 2.55 bits per heavy atom. The molecule has 0 N–H and O–H groups in total. The first-order valence-electron chi connectivity index (χ1n) is 11.0. The third-order valence-corrected chi connectivity index (χ3v) is 5.90. The Morgan fingerprint density at radius 1 is 1.03 bits per heavy atom. The van der Waals surface area contributed by atoms with Crippen molar-refractivity contribution in [3.63, 3.8) is 0 Å². The zero-order chi connectivity index (χ0) is 22.8. The minimum Gasteiger partial charge on any atom is -0.476 e. The largest absolute Gasteiger partial charge is 0.476 e. The summed E-state index contributed by atoms with van der Waals surface area (Å²) in [6, 6.07) is 16.9. The van der Waals surface area contributed by atoms with Crippen molar-refractivity contribution in [2.75, 3.05) is 37.7 Å². The smallest absolute Gasteiger partial charge is 0.265 e. The highest BCUT2D eigenvalue weighted by Crippen LogP contribution is 2.34. The first kappa shape index (κ1) is 21.2. The van der Waals surface area contributed by atoms with Crippen LogP contribution in [0.25, 0.3) is 11.5 Å². The van der Waals surface area contributed by atoms with Crippen molar-refractivity contribution in [2.45, 2.75) is 19.4 Å². The van der Waals surface area contributed by atoms with E-state index in [-0.39, 0.29) is 24.8 Å². The molecule has 2 amide bonds. The monoisotopic (exact) mass is 447 g/mol. The van der Waals surface area contributed by atoms with E-state index in [4.69, 9.17) is 13.9 Å². The van der Waals surface area contributed by atoms with Crippen LogP contribution in [0, 0.1) is 6.92 Å². The molecule has 5 rings (SSSR count). The van der Waals surface area contributed by atoms with Gasteiger partial charge in [-0.15, -0.1) is 0 Å². The van der Waals surface area contributed by atoms with Gasteiger partial charge in [0.2, 0.25) is 11.8 Å². The van der Waals surface area contributed by atoms with Crippen LogP contribution in [0.5, 0.6) is 5.75 Å². The Hall–Kier alpha value is -3.65. The number of carbonyl (C=O) groups excluding carboxylic acids is 2. The number of amides is 2. The van der Waals surface area contributed by atoms with Crippen molar-refractivity contribution in [1.29, 1.82) is 0 Å². The Labute approximate surface area is 191 Å². The molecule has 0 radical (unpaired) electrons. The molecule has 0 saturated carbocycles. The summed E-state index contributed by atoms with van der Waals surface area (Å²) in [7, 11) is 0. The van der Waals surface area contributed by atoms with Crippen LogP contribution in [0.3, 0.4) is 0 Å². The van der Waals surface area contributed by atoms with Crippen LogP contribution < -0.4 is 9.64 Å². The zero-order valence-electron chi connectivity index (χ0n) is 18.4. The molecule has 0 spiro atoms. The summed E-state index contributed by atoms with van der Waals surface area (Å²) < 4.78 is 17.2. The van der Waals surface area contributed by atoms with Gasteiger partial charge >= 0.3 is 0 Å². The summed E-state index contributed by atoms with van der Waals surface area (Å²) in [4.78, 5) is 34.4. The van der Waals surface area contributed by atoms with Crippen molar-refractivity contribution in [3.05, 3.63) is 66.1 Å². The van der Waals surface area contributed by atoms with Gasteiger partial charge in [0.25, 0.3) is 5.91 Å². The van der Waals surface area contributed by atoms with E-state index in [1.54, 1.807) is 22.8 Å². The molecule has 1 aromatic heterocycles. The van der Waals surface area contributed by atoms with Crippen LogP contribution in [-0.4, -0.2) is 60.7 Å². The average Bonchev–Trinajstić information content (AvgIpc) is 3.23. The summed E-state index contributed by atoms with van der Waals surface area (Å²) in [6.45, 7) is 4.01. The number of hydrogen-bond donors (Lipinski definition) is 0. The van der Waals surface area contributed by atoms with Gasteiger partial charge in [-0.3, -0.25) is 9.59 Å². The van der Waals surface area contributed by atoms with Crippen LogP contribution in [0.15, 0.2) is 59.0 Å². The Morgan fingerprint density at radius 2 is 1.76 bits per heavy atom. The minimum atomic E-state index is -0.764. The second-order valence-corrected chi connectivity index (χ2v) is 8.08. The molecule has 2 aliphatic heterocycles. The number of anilines is 1. The molecule has 1 unspecified atom stereocenters. The van der Waals surface area contributed by atoms with Gasteiger partial charge in [0.05, 0.1) is 37.6 Å². The predicted octanol–water partition coefficient (Wildman–Crippen LogP) is 2.85. The number of benzene rings is 2. The van der Waals surface area contributed by atoms with E-state index < -0.39 is 6.10 Å². The van der Waals surface area contributed by atoms with Crippen molar-refractivity contribution in [1.82, 2.24) is 9.88 Å². The van der Waals surface area contributed by atoms with Gasteiger partial charge in [-0.25, -0.2) is 4.98 Å². The quantitative estimate of drug-likeness (QED) is 0.612. The fraction of sp³-hybridized carbons (Fsp3) is 0.320. The van der Waals surface area contributed by atoms with Gasteiger partial charge in [0.1, 0.15) is 11.5 Å². The number of hydrogen-bond acceptors (Lipinski definition) is 6. The van der Waals surface area contributed by atoms with Gasteiger partial charge in [-0.2, -0.15) is 0 Å². The fourth-order valence-electron chi connectivity index (χ4n) is 4.12. The maximum absolute atomic E-state index is 13.4. The molecular formula is C25H25N3O5. The van der Waals surface area contributed by atoms with E-state index in [1.165, 1.54) is 0 Å². The number of aryl methyl sites for hydroxylation is 1. The lowest BCUT2D eigenvalue weighted by Gasteiger charge is -2.37. The second-order valence-electron chi connectivity index (χ2n) is 8.08. The number of rotatable bonds is 4. The molecule has 8 heteroatoms. The maximum Gasteiger partial charge on any atom is 0.265 e. The highest BCUT2D eigenvalue weighted by atomic mass is 16.5. The van der Waals surface area contributed by atoms with Crippen LogP contribution >= 0.6 is 0 Å². The number of fused-ring (bicyclic) bond motifs is 1. The molecule has 8 nitrogen and oxygen atoms in total. The lowest BCUT2D eigenvalue weighted by molar-refractivity contribution is -0.142. The maximum atomic E-state index is 13.4. The molecule has 2 aromatic carbocycles. The number of nitrogens with zero attached hydrogens (tertiary/aromatic N) is 3. The Balaban J connectivity index is 1.37. The number of para-hydroxylation sites is 2. The third kappa shape index (κ3) is 4.34. The second kappa shape index (κ2) is 9.07. The van der Waals surface area contributed by atoms with Crippen molar-refractivity contribution in [3.8, 4) is 17.2 Å². The molecule has 170 valence electrons. The van der Waals surface area contributed by atoms with Gasteiger partial charge in [-0.05, 0) is 31.2 Å². The van der Waals surface area contributed by atoms with E-state index in [9.17, 15) is 9.59 Å². The summed E-state index contributed by atoms with van der Waals surface area (Å²) in [6.07, 6.45) is -0.699. The molecule has 1 saturated heterocycles. The third-order valence-electron chi connectivity index (χ3n) is 5.90. The van der Waals surface area contributed by atoms with E-state index in [0.717, 1.165) is 5.56 Å². The van der Waals surface area contributed by atoms with Crippen LogP contribution in [-0.2, 0) is 20.7 Å². The highest BCUT2D eigenvalue weighted by Gasteiger charge is 2.36. The number of carbonyl (C=O) groups is 2. The van der Waals surface area contributed by atoms with E-state index >= 15 is 0 Å². The van der Waals surface area contributed by atoms with Crippen LogP contribution in [0.1, 0.15) is 11.5 Å². The Bertz CT molecular complexity index is 1150. The molecule has 0 bridgehead atoms. The molecule has 33 heavy (non-hydrogen) atoms. The van der Waals surface area contributed by atoms with Crippen molar-refractivity contribution in [2.24, 2.45) is 0 Å². The lowest BCUT2D eigenvalue weighted by atomic mass is 10.1. The molecular weight excluding hydrogens is 422 g/mol. The number of oxazole rings is 1. The van der Waals surface area contributed by atoms with Gasteiger partial charge in [-0.1, -0.05) is 30.3 Å². The highest BCUT2D eigenvalue weighted by molar-refractivity contribution is 5.98. The van der Waals surface area contributed by atoms with Crippen LogP contribution in [0.4, 0.5) is 5.69 Å². The molecule has 2 aliphatic rings. The van der Waals surface area contributed by atoms with Gasteiger partial charge in [0.15, 0.2) is 6.10 Å². The zero-order valence-corrected chi connectivity index (χ0v) is 18.4. The summed E-state index contributed by atoms with van der Waals surface area (Å²) in [5, 5.41) is 0. The summed E-state index contributed by atoms with van der Waals surface area (Å²) >= 11 is 0. The fourth-order valence-corrected chi connectivity index (χ4v) is 4.12. The molecule has 3 aromatic rings. The number of morpholine rings is 1. The van der Waals surface area contributed by atoms with Crippen molar-refractivity contribution >= 4 is 17.5 Å². The van der Waals surface area contributed by atoms with Crippen molar-refractivity contribution < 1.29 is 23.5 Å². The predicted molar refractivity (Wildman–Crippen MR) is 121 cm³/mol. The van der Waals surface area contributed by atoms with Gasteiger partial charge < -0.3 is 23.7 Å². The van der Waals surface area contributed by atoms with E-state index in [2.05, 4.69) is 4.98 Å². The van der Waals surface area contributed by atoms with E-state index in [0.29, 0.717) is 55.1 Å². The normalized spacial score (nSPS) is 17.9. The Kier molecular flexibility index (Phi) is 5.83. The molecule has 0 aliphatic carbocycles. The SMILES string of the molecule is Cc1oc(-c2ccccc2)nc1CC(=O)N1CC(C(=O)N2CCOCC2)Oc2ccccc21.